The van der Waals surface area contributed by atoms with Gasteiger partial charge >= 0.3 is 12.2 Å². The van der Waals surface area contributed by atoms with Crippen LogP contribution in [-0.2, 0) is 6.42 Å². The molecule has 0 aliphatic rings. The largest absolute Gasteiger partial charge is 0.365 e. The molecule has 0 spiro atoms. The van der Waals surface area contributed by atoms with E-state index in [4.69, 9.17) is 0 Å². The number of aromatic nitrogens is 8. The molecular weight excluding hydrogens is 466 g/mol. The van der Waals surface area contributed by atoms with Crippen molar-refractivity contribution in [3.8, 4) is 0 Å². The molecule has 12 heteroatoms. The predicted octanol–water partition coefficient (Wildman–Crippen LogP) is 4.85. The van der Waals surface area contributed by atoms with E-state index in [9.17, 15) is 8.78 Å². The topological polar surface area (TPSA) is 133 Å². The van der Waals surface area contributed by atoms with Gasteiger partial charge in [0.15, 0.2) is 22.9 Å². The number of hydrogen-bond acceptors (Lipinski definition) is 8. The molecule has 0 fully saturated rings. The Balaban J connectivity index is 1.62. The Morgan fingerprint density at radius 3 is 2.03 bits per heavy atom. The molecule has 0 amide bonds. The lowest BCUT2D eigenvalue weighted by Crippen LogP contribution is -2.41. The molecule has 4 heterocycles. The Morgan fingerprint density at radius 1 is 0.806 bits per heavy atom. The van der Waals surface area contributed by atoms with Crippen LogP contribution >= 0.6 is 0 Å². The summed E-state index contributed by atoms with van der Waals surface area (Å²) in [5.41, 5.74) is 1.35. The number of imidazole rings is 2. The highest BCUT2D eigenvalue weighted by molar-refractivity contribution is 5.83. The minimum absolute atomic E-state index is 0.0178. The fourth-order valence-corrected chi connectivity index (χ4v) is 4.23. The summed E-state index contributed by atoms with van der Waals surface area (Å²) in [6.07, 6.45) is 0.307. The Bertz CT molecular complexity index is 1370. The summed E-state index contributed by atoms with van der Waals surface area (Å²) in [5, 5.41) is 6.70. The molecule has 194 valence electrons. The molecule has 0 aliphatic heterocycles. The van der Waals surface area contributed by atoms with Gasteiger partial charge in [-0.15, -0.1) is 0 Å². The molecule has 4 rings (SSSR count). The number of rotatable bonds is 7. The van der Waals surface area contributed by atoms with Gasteiger partial charge in [0.25, 0.3) is 0 Å². The number of aromatic amines is 2. The van der Waals surface area contributed by atoms with E-state index < -0.39 is 12.2 Å². The number of halogens is 2. The highest BCUT2D eigenvalue weighted by atomic mass is 19.1. The summed E-state index contributed by atoms with van der Waals surface area (Å²) in [7, 11) is 0. The number of H-pyrrole nitrogens is 2. The minimum atomic E-state index is -0.847. The van der Waals surface area contributed by atoms with E-state index >= 15 is 0 Å². The molecule has 36 heavy (non-hydrogen) atoms. The zero-order valence-corrected chi connectivity index (χ0v) is 22.0. The number of nitrogens with one attached hydrogen (secondary N) is 4. The SMILES string of the molecule is CC(Cc1nc2nc(F)nc(NC(C)C(C)(C)C)c2[nH]1)C(Nc1nc(F)nc2nc[nH]c12)C(C)(C)C. The number of hydrogen-bond donors (Lipinski definition) is 4. The summed E-state index contributed by atoms with van der Waals surface area (Å²) >= 11 is 0. The monoisotopic (exact) mass is 500 g/mol. The maximum Gasteiger partial charge on any atom is 0.312 e. The van der Waals surface area contributed by atoms with Crippen molar-refractivity contribution in [2.75, 3.05) is 10.6 Å². The first-order chi connectivity index (χ1) is 16.7. The Labute approximate surface area is 208 Å². The third-order valence-electron chi connectivity index (χ3n) is 6.59. The van der Waals surface area contributed by atoms with Gasteiger partial charge in [-0.25, -0.2) is 9.97 Å². The van der Waals surface area contributed by atoms with E-state index in [0.29, 0.717) is 34.9 Å². The van der Waals surface area contributed by atoms with E-state index in [1.165, 1.54) is 6.33 Å². The number of anilines is 2. The Kier molecular flexibility index (Phi) is 6.56. The third kappa shape index (κ3) is 5.36. The first kappa shape index (κ1) is 25.6. The molecule has 0 bridgehead atoms. The van der Waals surface area contributed by atoms with E-state index in [1.54, 1.807) is 0 Å². The van der Waals surface area contributed by atoms with Crippen molar-refractivity contribution in [1.82, 2.24) is 39.9 Å². The molecule has 0 aromatic carbocycles. The summed E-state index contributed by atoms with van der Waals surface area (Å²) in [6.45, 7) is 16.7. The minimum Gasteiger partial charge on any atom is -0.365 e. The smallest absolute Gasteiger partial charge is 0.312 e. The molecule has 4 N–H and O–H groups in total. The van der Waals surface area contributed by atoms with Crippen LogP contribution in [0, 0.1) is 28.9 Å². The van der Waals surface area contributed by atoms with E-state index in [0.717, 1.165) is 0 Å². The zero-order valence-electron chi connectivity index (χ0n) is 22.0. The van der Waals surface area contributed by atoms with Gasteiger partial charge in [0.2, 0.25) is 0 Å². The number of nitrogens with zero attached hydrogens (tertiary/aromatic N) is 6. The maximum atomic E-state index is 14.2. The normalized spacial score (nSPS) is 15.3. The van der Waals surface area contributed by atoms with Gasteiger partial charge in [0.05, 0.1) is 6.33 Å². The van der Waals surface area contributed by atoms with Crippen LogP contribution < -0.4 is 10.6 Å². The lowest BCUT2D eigenvalue weighted by molar-refractivity contribution is 0.265. The Morgan fingerprint density at radius 2 is 1.42 bits per heavy atom. The molecule has 4 aromatic rings. The number of fused-ring (bicyclic) bond motifs is 2. The van der Waals surface area contributed by atoms with Crippen molar-refractivity contribution in [3.05, 3.63) is 24.3 Å². The van der Waals surface area contributed by atoms with Crippen LogP contribution in [0.5, 0.6) is 0 Å². The molecule has 0 saturated carbocycles. The van der Waals surface area contributed by atoms with Crippen molar-refractivity contribution >= 4 is 34.0 Å². The molecular formula is C24H34F2N10. The second-order valence-corrected chi connectivity index (χ2v) is 11.6. The quantitative estimate of drug-likeness (QED) is 0.265. The van der Waals surface area contributed by atoms with Gasteiger partial charge in [-0.3, -0.25) is 0 Å². The standard InChI is InChI=1S/C24H34F2N10/c1-11(16(24(6,7)8)32-18-14-17(28-10-27-14)33-21(25)34-18)9-13-30-15-19(29-12(2)23(3,4)5)35-22(26)36-20(15)31-13/h10-12,16H,9H2,1-8H3,(H2,27,28,32,33,34)(H2,29,30,31,35,36). The van der Waals surface area contributed by atoms with Crippen LogP contribution in [0.4, 0.5) is 20.4 Å². The molecule has 0 aliphatic carbocycles. The average molecular weight is 501 g/mol. The van der Waals surface area contributed by atoms with Crippen molar-refractivity contribution in [1.29, 1.82) is 0 Å². The van der Waals surface area contributed by atoms with Crippen LogP contribution in [0.25, 0.3) is 22.3 Å². The molecule has 3 atom stereocenters. The second-order valence-electron chi connectivity index (χ2n) is 11.6. The summed E-state index contributed by atoms with van der Waals surface area (Å²) in [5.74, 6) is 1.40. The fourth-order valence-electron chi connectivity index (χ4n) is 4.23. The van der Waals surface area contributed by atoms with Crippen LogP contribution in [-0.4, -0.2) is 52.0 Å². The van der Waals surface area contributed by atoms with Crippen LogP contribution in [0.1, 0.15) is 61.2 Å². The second kappa shape index (κ2) is 9.21. The summed E-state index contributed by atoms with van der Waals surface area (Å²) < 4.78 is 28.2. The van der Waals surface area contributed by atoms with E-state index in [1.807, 2.05) is 6.92 Å². The summed E-state index contributed by atoms with van der Waals surface area (Å²) in [6, 6.07) is -0.101. The third-order valence-corrected chi connectivity index (χ3v) is 6.59. The van der Waals surface area contributed by atoms with E-state index in [2.05, 4.69) is 99.0 Å². The first-order valence-corrected chi connectivity index (χ1v) is 12.0. The Hall–Kier alpha value is -3.44. The van der Waals surface area contributed by atoms with Crippen LogP contribution in [0.3, 0.4) is 0 Å². The van der Waals surface area contributed by atoms with Gasteiger partial charge in [-0.05, 0) is 23.7 Å². The van der Waals surface area contributed by atoms with Crippen molar-refractivity contribution < 1.29 is 8.78 Å². The lowest BCUT2D eigenvalue weighted by Gasteiger charge is -2.36. The van der Waals surface area contributed by atoms with Gasteiger partial charge in [-0.1, -0.05) is 48.5 Å². The van der Waals surface area contributed by atoms with Gasteiger partial charge in [0, 0.05) is 18.5 Å². The first-order valence-electron chi connectivity index (χ1n) is 12.0. The van der Waals surface area contributed by atoms with Crippen molar-refractivity contribution in [2.24, 2.45) is 16.7 Å². The fraction of sp³-hybridized carbons (Fsp3) is 0.583. The van der Waals surface area contributed by atoms with E-state index in [-0.39, 0.29) is 40.1 Å². The molecule has 0 radical (unpaired) electrons. The average Bonchev–Trinajstić information content (AvgIpc) is 3.36. The molecule has 10 nitrogen and oxygen atoms in total. The predicted molar refractivity (Wildman–Crippen MR) is 136 cm³/mol. The highest BCUT2D eigenvalue weighted by Gasteiger charge is 2.32. The summed E-state index contributed by atoms with van der Waals surface area (Å²) in [4.78, 5) is 30.4. The highest BCUT2D eigenvalue weighted by Crippen LogP contribution is 2.32. The molecule has 4 aromatic heterocycles. The zero-order chi connectivity index (χ0) is 26.4. The van der Waals surface area contributed by atoms with Gasteiger partial charge in [-0.2, -0.15) is 28.7 Å². The van der Waals surface area contributed by atoms with Crippen LogP contribution in [0.15, 0.2) is 6.33 Å². The van der Waals surface area contributed by atoms with Gasteiger partial charge < -0.3 is 20.6 Å². The van der Waals surface area contributed by atoms with Crippen LogP contribution in [0.2, 0.25) is 0 Å². The maximum absolute atomic E-state index is 14.2. The van der Waals surface area contributed by atoms with Crippen molar-refractivity contribution in [3.63, 3.8) is 0 Å². The van der Waals surface area contributed by atoms with Crippen molar-refractivity contribution in [2.45, 2.75) is 73.9 Å². The molecule has 3 unspecified atom stereocenters. The lowest BCUT2D eigenvalue weighted by atomic mass is 9.78. The molecule has 0 saturated heterocycles. The van der Waals surface area contributed by atoms with Gasteiger partial charge in [0.1, 0.15) is 16.9 Å².